The van der Waals surface area contributed by atoms with E-state index < -0.39 is 17.7 Å². The normalized spacial score (nSPS) is 11.3. The van der Waals surface area contributed by atoms with E-state index in [-0.39, 0.29) is 17.8 Å². The van der Waals surface area contributed by atoms with E-state index in [1.165, 1.54) is 19.2 Å². The van der Waals surface area contributed by atoms with E-state index in [2.05, 4.69) is 10.1 Å². The van der Waals surface area contributed by atoms with Crippen LogP contribution in [0.4, 0.5) is 10.5 Å². The summed E-state index contributed by atoms with van der Waals surface area (Å²) in [7, 11) is 1.27. The molecule has 1 aromatic rings. The number of nitrogens with two attached hydrogens (primary N) is 1. The first kappa shape index (κ1) is 18.8. The van der Waals surface area contributed by atoms with Crippen molar-refractivity contribution in [2.75, 3.05) is 19.4 Å². The van der Waals surface area contributed by atoms with Crippen molar-refractivity contribution < 1.29 is 19.1 Å². The van der Waals surface area contributed by atoms with E-state index in [4.69, 9.17) is 22.1 Å². The lowest BCUT2D eigenvalue weighted by Crippen LogP contribution is -2.32. The first-order valence-corrected chi connectivity index (χ1v) is 7.32. The number of nitrogen functional groups attached to an aromatic ring is 1. The van der Waals surface area contributed by atoms with E-state index in [0.29, 0.717) is 10.6 Å². The number of hydrogen-bond acceptors (Lipinski definition) is 5. The minimum absolute atomic E-state index is 0.233. The van der Waals surface area contributed by atoms with Gasteiger partial charge in [-0.15, -0.1) is 0 Å². The Labute approximate surface area is 140 Å². The number of amides is 1. The zero-order valence-corrected chi connectivity index (χ0v) is 14.4. The topological polar surface area (TPSA) is 90.6 Å². The predicted octanol–water partition coefficient (Wildman–Crippen LogP) is 3.25. The number of anilines is 1. The molecule has 1 aromatic carbocycles. The van der Waals surface area contributed by atoms with Gasteiger partial charge < -0.3 is 20.5 Å². The molecule has 0 aromatic heterocycles. The van der Waals surface area contributed by atoms with Gasteiger partial charge in [-0.25, -0.2) is 9.59 Å². The molecule has 0 unspecified atom stereocenters. The van der Waals surface area contributed by atoms with Gasteiger partial charge in [0.2, 0.25) is 0 Å². The standard InChI is InChI=1S/C16H21ClN2O4/c1-16(2,3)23-15(21)19-7-5-6-10-8-11(14(20)22-4)13(18)9-12(10)17/h5-6,8-9H,7,18H2,1-4H3,(H,19,21). The molecule has 0 aliphatic rings. The van der Waals surface area contributed by atoms with Crippen molar-refractivity contribution in [3.05, 3.63) is 34.4 Å². The summed E-state index contributed by atoms with van der Waals surface area (Å²) < 4.78 is 9.76. The van der Waals surface area contributed by atoms with Crippen LogP contribution in [-0.2, 0) is 9.47 Å². The van der Waals surface area contributed by atoms with Crippen LogP contribution in [-0.4, -0.2) is 31.3 Å². The number of benzene rings is 1. The fourth-order valence-electron chi connectivity index (χ4n) is 1.66. The fourth-order valence-corrected chi connectivity index (χ4v) is 1.90. The number of ether oxygens (including phenoxy) is 2. The second kappa shape index (κ2) is 7.87. The number of carbonyl (C=O) groups excluding carboxylic acids is 2. The van der Waals surface area contributed by atoms with Crippen molar-refractivity contribution in [3.63, 3.8) is 0 Å². The van der Waals surface area contributed by atoms with Gasteiger partial charge in [-0.3, -0.25) is 0 Å². The van der Waals surface area contributed by atoms with Crippen LogP contribution in [0.3, 0.4) is 0 Å². The molecule has 0 fully saturated rings. The van der Waals surface area contributed by atoms with Crippen LogP contribution in [0.5, 0.6) is 0 Å². The van der Waals surface area contributed by atoms with Gasteiger partial charge in [0.05, 0.1) is 12.7 Å². The third-order valence-corrected chi connectivity index (χ3v) is 2.96. The fraction of sp³-hybridized carbons (Fsp3) is 0.375. The van der Waals surface area contributed by atoms with Crippen LogP contribution in [0.2, 0.25) is 5.02 Å². The highest BCUT2D eigenvalue weighted by atomic mass is 35.5. The van der Waals surface area contributed by atoms with Gasteiger partial charge in [0.25, 0.3) is 0 Å². The third kappa shape index (κ3) is 6.20. The number of halogens is 1. The lowest BCUT2D eigenvalue weighted by Gasteiger charge is -2.19. The average molecular weight is 341 g/mol. The van der Waals surface area contributed by atoms with Gasteiger partial charge in [0.1, 0.15) is 5.60 Å². The molecule has 7 heteroatoms. The Kier molecular flexibility index (Phi) is 6.45. The Bertz CT molecular complexity index is 621. The van der Waals surface area contributed by atoms with Gasteiger partial charge in [-0.1, -0.05) is 23.8 Å². The molecule has 0 saturated heterocycles. The second-order valence-corrected chi connectivity index (χ2v) is 6.14. The van der Waals surface area contributed by atoms with Crippen molar-refractivity contribution >= 4 is 35.4 Å². The van der Waals surface area contributed by atoms with Crippen molar-refractivity contribution in [2.45, 2.75) is 26.4 Å². The lowest BCUT2D eigenvalue weighted by molar-refractivity contribution is 0.0532. The van der Waals surface area contributed by atoms with Gasteiger partial charge in [0.15, 0.2) is 0 Å². The van der Waals surface area contributed by atoms with Gasteiger partial charge in [-0.05, 0) is 38.5 Å². The highest BCUT2D eigenvalue weighted by Gasteiger charge is 2.15. The predicted molar refractivity (Wildman–Crippen MR) is 90.5 cm³/mol. The summed E-state index contributed by atoms with van der Waals surface area (Å²) in [6.07, 6.45) is 2.84. The zero-order chi connectivity index (χ0) is 17.6. The van der Waals surface area contributed by atoms with Crippen LogP contribution < -0.4 is 11.1 Å². The van der Waals surface area contributed by atoms with Crippen molar-refractivity contribution in [2.24, 2.45) is 0 Å². The molecule has 23 heavy (non-hydrogen) atoms. The number of esters is 1. The van der Waals surface area contributed by atoms with Crippen LogP contribution in [0.15, 0.2) is 18.2 Å². The molecule has 0 saturated carbocycles. The molecule has 0 spiro atoms. The van der Waals surface area contributed by atoms with Gasteiger partial charge >= 0.3 is 12.1 Å². The molecule has 3 N–H and O–H groups in total. The van der Waals surface area contributed by atoms with E-state index in [1.54, 1.807) is 32.9 Å². The SMILES string of the molecule is COC(=O)c1cc(C=CCNC(=O)OC(C)(C)C)c(Cl)cc1N. The smallest absolute Gasteiger partial charge is 0.407 e. The minimum Gasteiger partial charge on any atom is -0.465 e. The number of alkyl carbamates (subject to hydrolysis) is 1. The highest BCUT2D eigenvalue weighted by Crippen LogP contribution is 2.25. The molecular weight excluding hydrogens is 320 g/mol. The number of carbonyl (C=O) groups is 2. The summed E-state index contributed by atoms with van der Waals surface area (Å²) >= 11 is 6.08. The molecule has 0 heterocycles. The molecule has 1 rings (SSSR count). The summed E-state index contributed by atoms with van der Waals surface area (Å²) in [6, 6.07) is 3.02. The molecule has 126 valence electrons. The van der Waals surface area contributed by atoms with Crippen molar-refractivity contribution in [1.82, 2.24) is 5.32 Å². The Balaban J connectivity index is 2.73. The number of nitrogens with one attached hydrogen (secondary N) is 1. The van der Waals surface area contributed by atoms with E-state index >= 15 is 0 Å². The van der Waals surface area contributed by atoms with Crippen LogP contribution >= 0.6 is 11.6 Å². The summed E-state index contributed by atoms with van der Waals surface area (Å²) in [5, 5.41) is 2.97. The molecule has 0 aliphatic heterocycles. The number of hydrogen-bond donors (Lipinski definition) is 2. The number of rotatable bonds is 4. The van der Waals surface area contributed by atoms with Gasteiger partial charge in [0, 0.05) is 17.3 Å². The van der Waals surface area contributed by atoms with Crippen molar-refractivity contribution in [3.8, 4) is 0 Å². The molecule has 0 atom stereocenters. The maximum Gasteiger partial charge on any atom is 0.407 e. The number of methoxy groups -OCH3 is 1. The maximum absolute atomic E-state index is 11.6. The van der Waals surface area contributed by atoms with Crippen molar-refractivity contribution in [1.29, 1.82) is 0 Å². The third-order valence-electron chi connectivity index (χ3n) is 2.63. The minimum atomic E-state index is -0.552. The average Bonchev–Trinajstić information content (AvgIpc) is 2.42. The molecule has 0 bridgehead atoms. The monoisotopic (exact) mass is 340 g/mol. The lowest BCUT2D eigenvalue weighted by atomic mass is 10.1. The molecule has 1 amide bonds. The highest BCUT2D eigenvalue weighted by molar-refractivity contribution is 6.32. The molecule has 0 radical (unpaired) electrons. The van der Waals surface area contributed by atoms with Crippen LogP contribution in [0, 0.1) is 0 Å². The van der Waals surface area contributed by atoms with E-state index in [9.17, 15) is 9.59 Å². The largest absolute Gasteiger partial charge is 0.465 e. The zero-order valence-electron chi connectivity index (χ0n) is 13.6. The maximum atomic E-state index is 11.6. The summed E-state index contributed by atoms with van der Waals surface area (Å²) in [5.41, 5.74) is 6.25. The Morgan fingerprint density at radius 2 is 2.00 bits per heavy atom. The van der Waals surface area contributed by atoms with E-state index in [1.807, 2.05) is 0 Å². The quantitative estimate of drug-likeness (QED) is 0.648. The molecule has 6 nitrogen and oxygen atoms in total. The van der Waals surface area contributed by atoms with Crippen LogP contribution in [0.25, 0.3) is 6.08 Å². The van der Waals surface area contributed by atoms with E-state index in [0.717, 1.165) is 0 Å². The molecule has 0 aliphatic carbocycles. The Morgan fingerprint density at radius 3 is 2.57 bits per heavy atom. The Morgan fingerprint density at radius 1 is 1.35 bits per heavy atom. The molecular formula is C16H21ClN2O4. The van der Waals surface area contributed by atoms with Gasteiger partial charge in [-0.2, -0.15) is 0 Å². The summed E-state index contributed by atoms with van der Waals surface area (Å²) in [5.74, 6) is -0.541. The summed E-state index contributed by atoms with van der Waals surface area (Å²) in [6.45, 7) is 5.60. The first-order valence-electron chi connectivity index (χ1n) is 6.95. The van der Waals surface area contributed by atoms with Crippen LogP contribution in [0.1, 0.15) is 36.7 Å². The Hall–Kier alpha value is -2.21. The second-order valence-electron chi connectivity index (χ2n) is 5.74. The first-order chi connectivity index (χ1) is 10.6. The summed E-state index contributed by atoms with van der Waals surface area (Å²) in [4.78, 5) is 23.1.